The van der Waals surface area contributed by atoms with Crippen molar-refractivity contribution in [2.75, 3.05) is 33.8 Å². The van der Waals surface area contributed by atoms with Crippen LogP contribution < -0.4 is 0 Å². The first kappa shape index (κ1) is 13.0. The van der Waals surface area contributed by atoms with E-state index in [1.54, 1.807) is 25.9 Å². The molecule has 0 N–H and O–H groups in total. The normalized spacial score (nSPS) is 20.8. The SMILES string of the molecule is CCOC(=O)C1CCCN1CC(=O)N(C)C. The molecule has 0 spiro atoms. The first-order chi connectivity index (χ1) is 7.56. The number of amides is 1. The first-order valence-electron chi connectivity index (χ1n) is 5.67. The topological polar surface area (TPSA) is 49.9 Å². The minimum absolute atomic E-state index is 0.0243. The van der Waals surface area contributed by atoms with Gasteiger partial charge in [-0.2, -0.15) is 0 Å². The van der Waals surface area contributed by atoms with Crippen LogP contribution in [0.25, 0.3) is 0 Å². The molecule has 1 atom stereocenters. The van der Waals surface area contributed by atoms with Crippen LogP contribution in [0.5, 0.6) is 0 Å². The Labute approximate surface area is 96.3 Å². The van der Waals surface area contributed by atoms with Gasteiger partial charge in [0.15, 0.2) is 0 Å². The molecular weight excluding hydrogens is 208 g/mol. The van der Waals surface area contributed by atoms with Gasteiger partial charge in [0.25, 0.3) is 0 Å². The molecule has 1 rings (SSSR count). The van der Waals surface area contributed by atoms with Crippen LogP contribution in [0.3, 0.4) is 0 Å². The molecule has 0 aromatic rings. The average molecular weight is 228 g/mol. The summed E-state index contributed by atoms with van der Waals surface area (Å²) in [6.45, 7) is 3.28. The second-order valence-electron chi connectivity index (χ2n) is 4.17. The van der Waals surface area contributed by atoms with Gasteiger partial charge in [-0.25, -0.2) is 0 Å². The van der Waals surface area contributed by atoms with E-state index in [0.29, 0.717) is 13.2 Å². The Kier molecular flexibility index (Phi) is 4.73. The van der Waals surface area contributed by atoms with Crippen LogP contribution in [0.2, 0.25) is 0 Å². The zero-order valence-electron chi connectivity index (χ0n) is 10.2. The van der Waals surface area contributed by atoms with Gasteiger partial charge < -0.3 is 9.64 Å². The van der Waals surface area contributed by atoms with E-state index in [-0.39, 0.29) is 17.9 Å². The first-order valence-corrected chi connectivity index (χ1v) is 5.67. The zero-order chi connectivity index (χ0) is 12.1. The fraction of sp³-hybridized carbons (Fsp3) is 0.818. The van der Waals surface area contributed by atoms with E-state index < -0.39 is 0 Å². The summed E-state index contributed by atoms with van der Waals surface area (Å²) in [6, 6.07) is -0.233. The molecular formula is C11H20N2O3. The van der Waals surface area contributed by atoms with E-state index in [0.717, 1.165) is 19.4 Å². The number of ether oxygens (including phenoxy) is 1. The Bertz CT molecular complexity index is 266. The summed E-state index contributed by atoms with van der Waals surface area (Å²) >= 11 is 0. The molecule has 0 saturated carbocycles. The summed E-state index contributed by atoms with van der Waals surface area (Å²) in [5.41, 5.74) is 0. The Hall–Kier alpha value is -1.10. The number of hydrogen-bond acceptors (Lipinski definition) is 4. The minimum Gasteiger partial charge on any atom is -0.465 e. The molecule has 1 heterocycles. The van der Waals surface area contributed by atoms with Crippen molar-refractivity contribution in [1.82, 2.24) is 9.80 Å². The fourth-order valence-corrected chi connectivity index (χ4v) is 1.84. The molecule has 1 saturated heterocycles. The number of carbonyl (C=O) groups is 2. The number of hydrogen-bond donors (Lipinski definition) is 0. The van der Waals surface area contributed by atoms with Gasteiger partial charge in [0.05, 0.1) is 13.2 Å². The van der Waals surface area contributed by atoms with E-state index >= 15 is 0 Å². The molecule has 1 aliphatic rings. The zero-order valence-corrected chi connectivity index (χ0v) is 10.2. The van der Waals surface area contributed by atoms with Crippen LogP contribution in [0.4, 0.5) is 0 Å². The van der Waals surface area contributed by atoms with Crippen molar-refractivity contribution < 1.29 is 14.3 Å². The number of nitrogens with zero attached hydrogens (tertiary/aromatic N) is 2. The van der Waals surface area contributed by atoms with Crippen LogP contribution in [0.1, 0.15) is 19.8 Å². The van der Waals surface area contributed by atoms with Crippen molar-refractivity contribution in [1.29, 1.82) is 0 Å². The van der Waals surface area contributed by atoms with Crippen molar-refractivity contribution in [3.05, 3.63) is 0 Å². The summed E-state index contributed by atoms with van der Waals surface area (Å²) in [6.07, 6.45) is 1.74. The molecule has 0 aromatic heterocycles. The number of esters is 1. The van der Waals surface area contributed by atoms with Crippen LogP contribution >= 0.6 is 0 Å². The monoisotopic (exact) mass is 228 g/mol. The second-order valence-corrected chi connectivity index (χ2v) is 4.17. The van der Waals surface area contributed by atoms with Crippen molar-refractivity contribution in [2.24, 2.45) is 0 Å². The highest BCUT2D eigenvalue weighted by atomic mass is 16.5. The van der Waals surface area contributed by atoms with Gasteiger partial charge in [0.1, 0.15) is 6.04 Å². The van der Waals surface area contributed by atoms with Gasteiger partial charge >= 0.3 is 5.97 Å². The maximum atomic E-state index is 11.6. The fourth-order valence-electron chi connectivity index (χ4n) is 1.84. The number of likely N-dealkylation sites (N-methyl/N-ethyl adjacent to an activating group) is 1. The smallest absolute Gasteiger partial charge is 0.323 e. The standard InChI is InChI=1S/C11H20N2O3/c1-4-16-11(15)9-6-5-7-13(9)8-10(14)12(2)3/h9H,4-8H2,1-3H3. The largest absolute Gasteiger partial charge is 0.465 e. The summed E-state index contributed by atoms with van der Waals surface area (Å²) < 4.78 is 4.99. The molecule has 0 radical (unpaired) electrons. The van der Waals surface area contributed by atoms with Gasteiger partial charge in [0.2, 0.25) is 5.91 Å². The molecule has 1 aliphatic heterocycles. The average Bonchev–Trinajstić information content (AvgIpc) is 2.66. The Balaban J connectivity index is 2.52. The predicted octanol–water partition coefficient (Wildman–Crippen LogP) is 0.102. The van der Waals surface area contributed by atoms with Crippen molar-refractivity contribution in [3.8, 4) is 0 Å². The van der Waals surface area contributed by atoms with Gasteiger partial charge in [-0.15, -0.1) is 0 Å². The third-order valence-corrected chi connectivity index (χ3v) is 2.76. The van der Waals surface area contributed by atoms with Gasteiger partial charge in [-0.3, -0.25) is 14.5 Å². The van der Waals surface area contributed by atoms with Gasteiger partial charge in [0, 0.05) is 14.1 Å². The van der Waals surface area contributed by atoms with E-state index in [9.17, 15) is 9.59 Å². The molecule has 92 valence electrons. The van der Waals surface area contributed by atoms with Gasteiger partial charge in [-0.05, 0) is 26.3 Å². The van der Waals surface area contributed by atoms with E-state index in [2.05, 4.69) is 0 Å². The van der Waals surface area contributed by atoms with Crippen LogP contribution in [0, 0.1) is 0 Å². The molecule has 0 aliphatic carbocycles. The minimum atomic E-state index is -0.233. The number of rotatable bonds is 4. The third kappa shape index (κ3) is 3.20. The second kappa shape index (κ2) is 5.84. The van der Waals surface area contributed by atoms with Crippen LogP contribution in [-0.4, -0.2) is 61.5 Å². The Morgan fingerprint density at radius 3 is 2.69 bits per heavy atom. The highest BCUT2D eigenvalue weighted by Crippen LogP contribution is 2.18. The summed E-state index contributed by atoms with van der Waals surface area (Å²) in [7, 11) is 3.44. The molecule has 1 amide bonds. The molecule has 1 fully saturated rings. The predicted molar refractivity (Wildman–Crippen MR) is 59.9 cm³/mol. The quantitative estimate of drug-likeness (QED) is 0.640. The molecule has 0 bridgehead atoms. The van der Waals surface area contributed by atoms with Crippen LogP contribution in [0.15, 0.2) is 0 Å². The number of likely N-dealkylation sites (tertiary alicyclic amines) is 1. The van der Waals surface area contributed by atoms with E-state index in [4.69, 9.17) is 4.74 Å². The summed E-state index contributed by atoms with van der Waals surface area (Å²) in [5, 5.41) is 0. The maximum Gasteiger partial charge on any atom is 0.323 e. The van der Waals surface area contributed by atoms with Crippen molar-refractivity contribution >= 4 is 11.9 Å². The lowest BCUT2D eigenvalue weighted by Crippen LogP contribution is -2.43. The summed E-state index contributed by atoms with van der Waals surface area (Å²) in [4.78, 5) is 26.6. The maximum absolute atomic E-state index is 11.6. The third-order valence-electron chi connectivity index (χ3n) is 2.76. The Morgan fingerprint density at radius 2 is 2.12 bits per heavy atom. The van der Waals surface area contributed by atoms with Crippen molar-refractivity contribution in [2.45, 2.75) is 25.8 Å². The lowest BCUT2D eigenvalue weighted by molar-refractivity contribution is -0.149. The Morgan fingerprint density at radius 1 is 1.44 bits per heavy atom. The highest BCUT2D eigenvalue weighted by molar-refractivity contribution is 5.80. The number of carbonyl (C=O) groups excluding carboxylic acids is 2. The lowest BCUT2D eigenvalue weighted by Gasteiger charge is -2.23. The molecule has 0 aromatic carbocycles. The summed E-state index contributed by atoms with van der Waals surface area (Å²) in [5.74, 6) is -0.178. The van der Waals surface area contributed by atoms with E-state index in [1.165, 1.54) is 0 Å². The lowest BCUT2D eigenvalue weighted by atomic mass is 10.2. The molecule has 16 heavy (non-hydrogen) atoms. The van der Waals surface area contributed by atoms with E-state index in [1.807, 2.05) is 4.90 Å². The molecule has 1 unspecified atom stereocenters. The highest BCUT2D eigenvalue weighted by Gasteiger charge is 2.33. The van der Waals surface area contributed by atoms with Crippen LogP contribution in [-0.2, 0) is 14.3 Å². The molecule has 5 nitrogen and oxygen atoms in total. The van der Waals surface area contributed by atoms with Crippen molar-refractivity contribution in [3.63, 3.8) is 0 Å². The van der Waals surface area contributed by atoms with Gasteiger partial charge in [-0.1, -0.05) is 0 Å². The molecule has 5 heteroatoms.